The minimum atomic E-state index is -0.775. The molecule has 2 aromatic rings. The van der Waals surface area contributed by atoms with Gasteiger partial charge in [0, 0.05) is 23.1 Å². The van der Waals surface area contributed by atoms with Crippen molar-refractivity contribution in [2.24, 2.45) is 0 Å². The first-order valence-electron chi connectivity index (χ1n) is 8.72. The highest BCUT2D eigenvalue weighted by molar-refractivity contribution is 6.35. The van der Waals surface area contributed by atoms with E-state index >= 15 is 0 Å². The number of nitrogens with zero attached hydrogens (tertiary/aromatic N) is 1. The lowest BCUT2D eigenvalue weighted by molar-refractivity contribution is -0.142. The van der Waals surface area contributed by atoms with Crippen molar-refractivity contribution in [3.63, 3.8) is 0 Å². The van der Waals surface area contributed by atoms with Gasteiger partial charge in [-0.3, -0.25) is 9.59 Å². The average Bonchev–Trinajstić information content (AvgIpc) is 2.66. The van der Waals surface area contributed by atoms with E-state index < -0.39 is 24.4 Å². The lowest BCUT2D eigenvalue weighted by Crippen LogP contribution is -2.49. The molecule has 0 spiro atoms. The summed E-state index contributed by atoms with van der Waals surface area (Å²) >= 11 is 12.1. The molecule has 0 aliphatic carbocycles. The summed E-state index contributed by atoms with van der Waals surface area (Å²) in [6.45, 7) is 3.48. The van der Waals surface area contributed by atoms with Crippen molar-refractivity contribution < 1.29 is 18.7 Å². The summed E-state index contributed by atoms with van der Waals surface area (Å²) in [6.07, 6.45) is 0. The Hall–Kier alpha value is -2.31. The number of halogens is 3. The predicted octanol–water partition coefficient (Wildman–Crippen LogP) is 4.06. The number of rotatable bonds is 8. The van der Waals surface area contributed by atoms with Gasteiger partial charge in [-0.1, -0.05) is 41.4 Å². The van der Waals surface area contributed by atoms with Gasteiger partial charge in [-0.05, 0) is 43.7 Å². The first-order chi connectivity index (χ1) is 13.3. The zero-order valence-electron chi connectivity index (χ0n) is 15.5. The van der Waals surface area contributed by atoms with Gasteiger partial charge < -0.3 is 15.0 Å². The fourth-order valence-electron chi connectivity index (χ4n) is 2.52. The Kier molecular flexibility index (Phi) is 8.08. The summed E-state index contributed by atoms with van der Waals surface area (Å²) in [5.41, 5.74) is 0.626. The number of para-hydroxylation sites is 1. The number of likely N-dealkylation sites (N-methyl/N-ethyl adjacent to an activating group) is 1. The normalized spacial score (nSPS) is 11.6. The molecule has 0 bridgehead atoms. The Labute approximate surface area is 173 Å². The maximum atomic E-state index is 13.7. The van der Waals surface area contributed by atoms with Crippen LogP contribution in [-0.2, 0) is 16.1 Å². The number of amides is 2. The van der Waals surface area contributed by atoms with Crippen LogP contribution in [0, 0.1) is 5.82 Å². The maximum Gasteiger partial charge on any atom is 0.261 e. The Morgan fingerprint density at radius 3 is 2.57 bits per heavy atom. The van der Waals surface area contributed by atoms with Gasteiger partial charge in [0.15, 0.2) is 18.2 Å². The second-order valence-electron chi connectivity index (χ2n) is 6.05. The molecular weight excluding hydrogens is 406 g/mol. The lowest BCUT2D eigenvalue weighted by atomic mass is 10.1. The van der Waals surface area contributed by atoms with Crippen LogP contribution in [0.15, 0.2) is 42.5 Å². The van der Waals surface area contributed by atoms with Crippen molar-refractivity contribution in [2.75, 3.05) is 13.2 Å². The topological polar surface area (TPSA) is 58.6 Å². The average molecular weight is 427 g/mol. The van der Waals surface area contributed by atoms with Gasteiger partial charge in [0.1, 0.15) is 6.04 Å². The van der Waals surface area contributed by atoms with Gasteiger partial charge in [0.05, 0.1) is 0 Å². The second kappa shape index (κ2) is 10.3. The maximum absolute atomic E-state index is 13.7. The molecule has 0 aliphatic rings. The molecule has 0 aliphatic heterocycles. The third-order valence-corrected chi connectivity index (χ3v) is 4.65. The van der Waals surface area contributed by atoms with Crippen LogP contribution < -0.4 is 10.1 Å². The van der Waals surface area contributed by atoms with E-state index in [0.717, 1.165) is 0 Å². The van der Waals surface area contributed by atoms with Crippen molar-refractivity contribution in [1.82, 2.24) is 10.2 Å². The SMILES string of the molecule is CCNC(=O)[C@H](C)N(Cc1ccc(Cl)cc1Cl)C(=O)COc1ccccc1F. The van der Waals surface area contributed by atoms with E-state index in [-0.39, 0.29) is 18.2 Å². The van der Waals surface area contributed by atoms with Crippen molar-refractivity contribution in [2.45, 2.75) is 26.4 Å². The Morgan fingerprint density at radius 2 is 1.93 bits per heavy atom. The van der Waals surface area contributed by atoms with E-state index in [1.165, 1.54) is 23.1 Å². The van der Waals surface area contributed by atoms with Crippen LogP contribution in [-0.4, -0.2) is 35.9 Å². The summed E-state index contributed by atoms with van der Waals surface area (Å²) in [4.78, 5) is 26.4. The molecule has 0 saturated carbocycles. The van der Waals surface area contributed by atoms with Crippen LogP contribution in [0.3, 0.4) is 0 Å². The van der Waals surface area contributed by atoms with Crippen molar-refractivity contribution in [1.29, 1.82) is 0 Å². The van der Waals surface area contributed by atoms with Crippen LogP contribution in [0.5, 0.6) is 5.75 Å². The number of nitrogens with one attached hydrogen (secondary N) is 1. The van der Waals surface area contributed by atoms with E-state index in [1.54, 1.807) is 38.1 Å². The van der Waals surface area contributed by atoms with Gasteiger partial charge in [-0.25, -0.2) is 4.39 Å². The molecule has 5 nitrogen and oxygen atoms in total. The molecule has 2 amide bonds. The summed E-state index contributed by atoms with van der Waals surface area (Å²) in [7, 11) is 0. The van der Waals surface area contributed by atoms with Crippen LogP contribution in [0.2, 0.25) is 10.0 Å². The number of hydrogen-bond acceptors (Lipinski definition) is 3. The molecule has 2 rings (SSSR count). The number of carbonyl (C=O) groups excluding carboxylic acids is 2. The molecule has 28 heavy (non-hydrogen) atoms. The Bertz CT molecular complexity index is 848. The Morgan fingerprint density at radius 1 is 1.21 bits per heavy atom. The molecule has 0 aromatic heterocycles. The van der Waals surface area contributed by atoms with Gasteiger partial charge in [-0.15, -0.1) is 0 Å². The van der Waals surface area contributed by atoms with Crippen molar-refractivity contribution in [3.8, 4) is 5.75 Å². The highest BCUT2D eigenvalue weighted by atomic mass is 35.5. The minimum absolute atomic E-state index is 0.0361. The van der Waals surface area contributed by atoms with Crippen LogP contribution >= 0.6 is 23.2 Å². The summed E-state index contributed by atoms with van der Waals surface area (Å²) in [6, 6.07) is 9.92. The second-order valence-corrected chi connectivity index (χ2v) is 6.89. The Balaban J connectivity index is 2.20. The van der Waals surface area contributed by atoms with Crippen LogP contribution in [0.4, 0.5) is 4.39 Å². The summed E-state index contributed by atoms with van der Waals surface area (Å²) in [5, 5.41) is 3.53. The van der Waals surface area contributed by atoms with E-state index in [0.29, 0.717) is 22.2 Å². The molecule has 1 N–H and O–H groups in total. The number of ether oxygens (including phenoxy) is 1. The fraction of sp³-hybridized carbons (Fsp3) is 0.300. The first kappa shape index (κ1) is 22.0. The van der Waals surface area contributed by atoms with Gasteiger partial charge in [0.25, 0.3) is 5.91 Å². The third kappa shape index (κ3) is 5.84. The zero-order chi connectivity index (χ0) is 20.7. The molecule has 150 valence electrons. The third-order valence-electron chi connectivity index (χ3n) is 4.06. The summed E-state index contributed by atoms with van der Waals surface area (Å²) in [5.74, 6) is -1.40. The summed E-state index contributed by atoms with van der Waals surface area (Å²) < 4.78 is 19.0. The zero-order valence-corrected chi connectivity index (χ0v) is 17.1. The van der Waals surface area contributed by atoms with Crippen molar-refractivity contribution >= 4 is 35.0 Å². The largest absolute Gasteiger partial charge is 0.481 e. The number of carbonyl (C=O) groups is 2. The van der Waals surface area contributed by atoms with Crippen LogP contribution in [0.1, 0.15) is 19.4 Å². The fourth-order valence-corrected chi connectivity index (χ4v) is 2.99. The highest BCUT2D eigenvalue weighted by Gasteiger charge is 2.27. The number of hydrogen-bond donors (Lipinski definition) is 1. The molecule has 0 heterocycles. The smallest absolute Gasteiger partial charge is 0.261 e. The van der Waals surface area contributed by atoms with E-state index in [1.807, 2.05) is 0 Å². The molecular formula is C20H21Cl2FN2O3. The molecule has 0 unspecified atom stereocenters. The number of benzene rings is 2. The molecule has 0 saturated heterocycles. The minimum Gasteiger partial charge on any atom is -0.481 e. The quantitative estimate of drug-likeness (QED) is 0.691. The molecule has 1 atom stereocenters. The highest BCUT2D eigenvalue weighted by Crippen LogP contribution is 2.23. The first-order valence-corrected chi connectivity index (χ1v) is 9.47. The van der Waals surface area contributed by atoms with Gasteiger partial charge in [-0.2, -0.15) is 0 Å². The van der Waals surface area contributed by atoms with Gasteiger partial charge >= 0.3 is 0 Å². The van der Waals surface area contributed by atoms with Crippen molar-refractivity contribution in [3.05, 3.63) is 63.9 Å². The molecule has 0 fully saturated rings. The monoisotopic (exact) mass is 426 g/mol. The van der Waals surface area contributed by atoms with E-state index in [9.17, 15) is 14.0 Å². The lowest BCUT2D eigenvalue weighted by Gasteiger charge is -2.29. The van der Waals surface area contributed by atoms with Gasteiger partial charge in [0.2, 0.25) is 5.91 Å². The van der Waals surface area contributed by atoms with E-state index in [2.05, 4.69) is 5.32 Å². The predicted molar refractivity (Wildman–Crippen MR) is 107 cm³/mol. The van der Waals surface area contributed by atoms with Crippen LogP contribution in [0.25, 0.3) is 0 Å². The molecule has 8 heteroatoms. The molecule has 0 radical (unpaired) electrons. The molecule has 2 aromatic carbocycles. The standard InChI is InChI=1S/C20H21Cl2FN2O3/c1-3-24-20(27)13(2)25(11-14-8-9-15(21)10-16(14)22)19(26)12-28-18-7-5-4-6-17(18)23/h4-10,13H,3,11-12H2,1-2H3,(H,24,27)/t13-/m0/s1. The van der Waals surface area contributed by atoms with E-state index in [4.69, 9.17) is 27.9 Å².